The maximum absolute atomic E-state index is 14.7. The molecule has 0 aromatic heterocycles. The molecule has 4 nitrogen and oxygen atoms in total. The van der Waals surface area contributed by atoms with Crippen LogP contribution in [0.15, 0.2) is 66.7 Å². The standard InChI is InChI=1S/C27H28NO3PS3/c1-17-16-18(2)23(28-25(30)27(4,5)35-26(33)34)19(3)22(17)24(29)32(31,20-12-8-6-9-13-20)21-14-10-7-11-15-21/h6-16H,1-5H3,(H,28,30)(H,33,34). The van der Waals surface area contributed by atoms with Gasteiger partial charge in [0.2, 0.25) is 18.6 Å². The van der Waals surface area contributed by atoms with Gasteiger partial charge >= 0.3 is 0 Å². The van der Waals surface area contributed by atoms with E-state index in [0.717, 1.165) is 5.56 Å². The number of thioether (sulfide) groups is 1. The molecule has 0 bridgehead atoms. The number of hydrogen-bond donors (Lipinski definition) is 2. The number of rotatable bonds is 7. The number of aryl methyl sites for hydroxylation is 2. The minimum atomic E-state index is -3.69. The minimum absolute atomic E-state index is 0.262. The first-order chi connectivity index (χ1) is 16.4. The second-order valence-electron chi connectivity index (χ2n) is 8.80. The van der Waals surface area contributed by atoms with E-state index in [0.29, 0.717) is 36.5 Å². The molecule has 0 heterocycles. The zero-order valence-corrected chi connectivity index (χ0v) is 23.7. The Morgan fingerprint density at radius 1 is 0.914 bits per heavy atom. The average molecular weight is 542 g/mol. The zero-order valence-electron chi connectivity index (χ0n) is 20.3. The van der Waals surface area contributed by atoms with Crippen molar-refractivity contribution in [2.24, 2.45) is 0 Å². The van der Waals surface area contributed by atoms with Crippen LogP contribution >= 0.6 is 43.8 Å². The summed E-state index contributed by atoms with van der Waals surface area (Å²) in [5.41, 5.74) is 2.55. The predicted octanol–water partition coefficient (Wildman–Crippen LogP) is 6.43. The van der Waals surface area contributed by atoms with Gasteiger partial charge in [0.1, 0.15) is 3.53 Å². The van der Waals surface area contributed by atoms with Crippen LogP contribution in [-0.2, 0) is 9.36 Å². The summed E-state index contributed by atoms with van der Waals surface area (Å²) >= 11 is 10.4. The van der Waals surface area contributed by atoms with Gasteiger partial charge in [-0.25, -0.2) is 0 Å². The van der Waals surface area contributed by atoms with Crippen molar-refractivity contribution >= 4 is 75.0 Å². The second-order valence-corrected chi connectivity index (χ2v) is 14.8. The third-order valence-electron chi connectivity index (χ3n) is 5.84. The van der Waals surface area contributed by atoms with Gasteiger partial charge in [0.25, 0.3) is 0 Å². The summed E-state index contributed by atoms with van der Waals surface area (Å²) in [6.07, 6.45) is 0. The molecule has 182 valence electrons. The van der Waals surface area contributed by atoms with E-state index in [-0.39, 0.29) is 5.91 Å². The van der Waals surface area contributed by atoms with Gasteiger partial charge in [-0.1, -0.05) is 90.7 Å². The second kappa shape index (κ2) is 10.8. The Balaban J connectivity index is 2.17. The van der Waals surface area contributed by atoms with Crippen LogP contribution in [0.2, 0.25) is 0 Å². The molecule has 1 N–H and O–H groups in total. The molecule has 0 aliphatic heterocycles. The molecule has 0 fully saturated rings. The summed E-state index contributed by atoms with van der Waals surface area (Å²) in [6.45, 7) is 9.02. The van der Waals surface area contributed by atoms with Crippen LogP contribution < -0.4 is 15.9 Å². The summed E-state index contributed by atoms with van der Waals surface area (Å²) in [5, 5.41) is 3.93. The van der Waals surface area contributed by atoms with E-state index in [1.54, 1.807) is 69.3 Å². The fraction of sp³-hybridized carbons (Fsp3) is 0.222. The van der Waals surface area contributed by atoms with Gasteiger partial charge < -0.3 is 9.88 Å². The van der Waals surface area contributed by atoms with Crippen molar-refractivity contribution in [1.82, 2.24) is 0 Å². The SMILES string of the molecule is Cc1cc(C)c(C(=O)P(=O)(c2ccccc2)c2ccccc2)c(C)c1NC(=O)C(C)(C)SC(=S)S. The van der Waals surface area contributed by atoms with Crippen molar-refractivity contribution in [2.45, 2.75) is 39.4 Å². The molecule has 0 aliphatic rings. The smallest absolute Gasteiger partial charge is 0.240 e. The Labute approximate surface area is 222 Å². The summed E-state index contributed by atoms with van der Waals surface area (Å²) in [6, 6.07) is 19.6. The summed E-state index contributed by atoms with van der Waals surface area (Å²) in [7, 11) is -3.69. The summed E-state index contributed by atoms with van der Waals surface area (Å²) < 4.78 is 14.2. The van der Waals surface area contributed by atoms with Crippen LogP contribution in [0.4, 0.5) is 5.69 Å². The highest BCUT2D eigenvalue weighted by molar-refractivity contribution is 8.42. The Bertz CT molecular complexity index is 1300. The van der Waals surface area contributed by atoms with Crippen molar-refractivity contribution in [2.75, 3.05) is 5.32 Å². The van der Waals surface area contributed by atoms with Crippen LogP contribution in [0.25, 0.3) is 0 Å². The highest BCUT2D eigenvalue weighted by Crippen LogP contribution is 2.48. The number of thiocarbonyl (C=S) groups is 1. The van der Waals surface area contributed by atoms with Crippen molar-refractivity contribution in [3.8, 4) is 0 Å². The molecule has 0 saturated heterocycles. The molecule has 0 unspecified atom stereocenters. The fourth-order valence-corrected chi connectivity index (χ4v) is 8.55. The lowest BCUT2D eigenvalue weighted by Gasteiger charge is -2.26. The molecular weight excluding hydrogens is 513 g/mol. The van der Waals surface area contributed by atoms with E-state index in [1.165, 1.54) is 11.8 Å². The zero-order chi connectivity index (χ0) is 26.0. The van der Waals surface area contributed by atoms with Crippen LogP contribution in [0.5, 0.6) is 0 Å². The van der Waals surface area contributed by atoms with Gasteiger partial charge in [-0.15, -0.1) is 12.6 Å². The van der Waals surface area contributed by atoms with Crippen molar-refractivity contribution < 1.29 is 14.2 Å². The summed E-state index contributed by atoms with van der Waals surface area (Å²) in [5.74, 6) is -0.262. The molecule has 3 aromatic rings. The first-order valence-electron chi connectivity index (χ1n) is 11.0. The lowest BCUT2D eigenvalue weighted by molar-refractivity contribution is -0.117. The highest BCUT2D eigenvalue weighted by Gasteiger charge is 2.39. The van der Waals surface area contributed by atoms with Gasteiger partial charge in [-0.3, -0.25) is 9.59 Å². The normalized spacial score (nSPS) is 11.7. The van der Waals surface area contributed by atoms with E-state index >= 15 is 0 Å². The molecule has 0 aliphatic carbocycles. The molecule has 0 radical (unpaired) electrons. The summed E-state index contributed by atoms with van der Waals surface area (Å²) in [4.78, 5) is 27.3. The molecular formula is C27H28NO3PS3. The molecule has 0 saturated carbocycles. The number of hydrogen-bond acceptors (Lipinski definition) is 5. The number of nitrogens with one attached hydrogen (secondary N) is 1. The first-order valence-corrected chi connectivity index (χ1v) is 14.4. The Morgan fingerprint density at radius 3 is 1.86 bits per heavy atom. The topological polar surface area (TPSA) is 63.2 Å². The van der Waals surface area contributed by atoms with E-state index in [2.05, 4.69) is 17.9 Å². The predicted molar refractivity (Wildman–Crippen MR) is 157 cm³/mol. The third-order valence-corrected chi connectivity index (χ3v) is 10.1. The van der Waals surface area contributed by atoms with Gasteiger partial charge in [-0.05, 0) is 51.3 Å². The third kappa shape index (κ3) is 5.64. The Morgan fingerprint density at radius 2 is 1.40 bits per heavy atom. The van der Waals surface area contributed by atoms with Crippen molar-refractivity contribution in [3.05, 3.63) is 89.0 Å². The molecule has 3 aromatic carbocycles. The number of benzene rings is 3. The van der Waals surface area contributed by atoms with E-state index in [9.17, 15) is 14.2 Å². The monoisotopic (exact) mass is 541 g/mol. The molecule has 35 heavy (non-hydrogen) atoms. The Hall–Kier alpha value is -2.18. The van der Waals surface area contributed by atoms with Gasteiger partial charge in [-0.2, -0.15) is 0 Å². The van der Waals surface area contributed by atoms with Crippen molar-refractivity contribution in [1.29, 1.82) is 0 Å². The number of carbonyl (C=O) groups excluding carboxylic acids is 2. The van der Waals surface area contributed by atoms with Gasteiger partial charge in [0.15, 0.2) is 0 Å². The number of carbonyl (C=O) groups is 2. The molecule has 0 spiro atoms. The van der Waals surface area contributed by atoms with E-state index < -0.39 is 17.4 Å². The van der Waals surface area contributed by atoms with Gasteiger partial charge in [0.05, 0.1) is 4.75 Å². The van der Waals surface area contributed by atoms with Crippen LogP contribution in [0, 0.1) is 20.8 Å². The highest BCUT2D eigenvalue weighted by atomic mass is 32.2. The molecule has 0 atom stereocenters. The maximum atomic E-state index is 14.7. The fourth-order valence-electron chi connectivity index (χ4n) is 4.05. The molecule has 3 rings (SSSR count). The van der Waals surface area contributed by atoms with Crippen LogP contribution in [0.1, 0.15) is 40.9 Å². The van der Waals surface area contributed by atoms with Crippen molar-refractivity contribution in [3.63, 3.8) is 0 Å². The minimum Gasteiger partial charge on any atom is -0.324 e. The Kier molecular flexibility index (Phi) is 8.48. The lowest BCUT2D eigenvalue weighted by Crippen LogP contribution is -2.35. The van der Waals surface area contributed by atoms with Gasteiger partial charge in [0, 0.05) is 21.9 Å². The quantitative estimate of drug-likeness (QED) is 0.205. The maximum Gasteiger partial charge on any atom is 0.240 e. The van der Waals surface area contributed by atoms with Crippen LogP contribution in [-0.4, -0.2) is 19.7 Å². The molecule has 1 amide bonds. The number of amides is 1. The lowest BCUT2D eigenvalue weighted by atomic mass is 9.97. The average Bonchev–Trinajstić information content (AvgIpc) is 2.81. The molecule has 8 heteroatoms. The first kappa shape index (κ1) is 27.4. The largest absolute Gasteiger partial charge is 0.324 e. The number of thiol groups is 1. The van der Waals surface area contributed by atoms with Crippen LogP contribution in [0.3, 0.4) is 0 Å². The van der Waals surface area contributed by atoms with E-state index in [4.69, 9.17) is 12.2 Å². The van der Waals surface area contributed by atoms with E-state index in [1.807, 2.05) is 32.0 Å². The number of anilines is 1.